The molecular weight excluding hydrogens is 420 g/mol. The molecule has 1 saturated heterocycles. The van der Waals surface area contributed by atoms with Crippen molar-refractivity contribution in [2.24, 2.45) is 0 Å². The fraction of sp³-hybridized carbons (Fsp3) is 0.480. The zero-order valence-corrected chi connectivity index (χ0v) is 19.2. The largest absolute Gasteiger partial charge is 0.490 e. The minimum atomic E-state index is -2.62. The lowest BCUT2D eigenvalue weighted by molar-refractivity contribution is 0.159. The molecule has 0 unspecified atom stereocenters. The normalized spacial score (nSPS) is 21.3. The number of hydrogen-bond donors (Lipinski definition) is 0. The summed E-state index contributed by atoms with van der Waals surface area (Å²) in [6.45, 7) is 4.14. The summed E-state index contributed by atoms with van der Waals surface area (Å²) < 4.78 is 48.9. The highest BCUT2D eigenvalue weighted by Crippen LogP contribution is 2.35. The Labute approximate surface area is 198 Å². The monoisotopic (exact) mass is 454 g/mol. The molecule has 0 atom stereocenters. The number of anilines is 1. The maximum atomic E-state index is 12.8. The Balaban J connectivity index is 1.31. The molecule has 2 aliphatic rings. The third-order valence-corrected chi connectivity index (χ3v) is 6.26. The van der Waals surface area contributed by atoms with Gasteiger partial charge in [0.15, 0.2) is 23.0 Å². The first-order chi connectivity index (χ1) is 17.4. The molecule has 0 amide bonds. The van der Waals surface area contributed by atoms with Crippen molar-refractivity contribution in [3.63, 3.8) is 0 Å². The molecule has 3 aromatic rings. The summed E-state index contributed by atoms with van der Waals surface area (Å²) in [7, 11) is 0. The number of fused-ring (bicyclic) bond motifs is 2. The maximum absolute atomic E-state index is 12.8. The summed E-state index contributed by atoms with van der Waals surface area (Å²) in [5, 5.41) is 4.67. The molecule has 5 rings (SSSR count). The van der Waals surface area contributed by atoms with Crippen LogP contribution in [0.2, 0.25) is 0 Å². The fourth-order valence-corrected chi connectivity index (χ4v) is 4.19. The molecule has 0 saturated carbocycles. The highest BCUT2D eigenvalue weighted by Gasteiger charge is 2.25. The molecule has 33 heavy (non-hydrogen) atoms. The minimum absolute atomic E-state index is 0.0816. The standard InChI is InChI=1S/C25H30N4O4/c1-15(2)20-14-23(30)29-24(26-20)16(3)17(4)25(27-29)28-9-7-18(8-10-28)33-19-5-6-21-22(13-19)32-12-11-31-21/h5-6,13-15,18H,7-12H2,1-4H3/i11D2,12D2. The summed E-state index contributed by atoms with van der Waals surface area (Å²) in [5.41, 5.74) is 3.09. The number of benzene rings is 1. The van der Waals surface area contributed by atoms with Crippen LogP contribution >= 0.6 is 0 Å². The van der Waals surface area contributed by atoms with E-state index in [0.29, 0.717) is 24.5 Å². The Morgan fingerprint density at radius 2 is 1.82 bits per heavy atom. The number of aryl methyl sites for hydroxylation is 1. The molecule has 1 aromatic carbocycles. The van der Waals surface area contributed by atoms with E-state index in [1.165, 1.54) is 16.6 Å². The van der Waals surface area contributed by atoms with Crippen molar-refractivity contribution in [1.82, 2.24) is 14.6 Å². The van der Waals surface area contributed by atoms with Gasteiger partial charge in [-0.3, -0.25) is 4.79 Å². The Hall–Kier alpha value is -3.29. The van der Waals surface area contributed by atoms with Gasteiger partial charge in [-0.05, 0) is 31.9 Å². The lowest BCUT2D eigenvalue weighted by atomic mass is 10.1. The van der Waals surface area contributed by atoms with Crippen molar-refractivity contribution < 1.29 is 19.7 Å². The zero-order chi connectivity index (χ0) is 26.7. The Kier molecular flexibility index (Phi) is 4.47. The van der Waals surface area contributed by atoms with E-state index in [4.69, 9.17) is 19.7 Å². The van der Waals surface area contributed by atoms with Crippen LogP contribution in [0, 0.1) is 13.8 Å². The van der Waals surface area contributed by atoms with Crippen molar-refractivity contribution in [2.45, 2.75) is 52.6 Å². The summed E-state index contributed by atoms with van der Waals surface area (Å²) in [4.78, 5) is 19.6. The minimum Gasteiger partial charge on any atom is -0.490 e. The van der Waals surface area contributed by atoms with Crippen LogP contribution in [0.25, 0.3) is 5.65 Å². The van der Waals surface area contributed by atoms with Crippen LogP contribution in [0.15, 0.2) is 29.1 Å². The van der Waals surface area contributed by atoms with Crippen molar-refractivity contribution in [1.29, 1.82) is 0 Å². The number of rotatable bonds is 4. The number of aromatic nitrogens is 3. The summed E-state index contributed by atoms with van der Waals surface area (Å²) >= 11 is 0. The maximum Gasteiger partial charge on any atom is 0.274 e. The van der Waals surface area contributed by atoms with Gasteiger partial charge in [0.1, 0.15) is 25.0 Å². The molecule has 0 N–H and O–H groups in total. The molecule has 0 bridgehead atoms. The van der Waals surface area contributed by atoms with E-state index >= 15 is 0 Å². The van der Waals surface area contributed by atoms with Crippen LogP contribution in [-0.4, -0.2) is 46.9 Å². The van der Waals surface area contributed by atoms with E-state index in [1.54, 1.807) is 12.1 Å². The topological polar surface area (TPSA) is 78.2 Å². The van der Waals surface area contributed by atoms with Gasteiger partial charge in [0, 0.05) is 49.2 Å². The lowest BCUT2D eigenvalue weighted by Gasteiger charge is -2.34. The van der Waals surface area contributed by atoms with Gasteiger partial charge in [-0.1, -0.05) is 13.8 Å². The molecule has 0 aliphatic carbocycles. The molecule has 1 fully saturated rings. The molecule has 8 nitrogen and oxygen atoms in total. The molecule has 0 spiro atoms. The highest BCUT2D eigenvalue weighted by molar-refractivity contribution is 5.59. The molecular formula is C25H30N4O4. The van der Waals surface area contributed by atoms with Crippen LogP contribution in [0.3, 0.4) is 0 Å². The van der Waals surface area contributed by atoms with Crippen molar-refractivity contribution in [3.8, 4) is 17.2 Å². The fourth-order valence-electron chi connectivity index (χ4n) is 4.19. The summed E-state index contributed by atoms with van der Waals surface area (Å²) in [5.74, 6) is 1.63. The van der Waals surface area contributed by atoms with Crippen LogP contribution in [0.1, 0.15) is 54.9 Å². The van der Waals surface area contributed by atoms with E-state index in [9.17, 15) is 4.79 Å². The van der Waals surface area contributed by atoms with Gasteiger partial charge in [-0.2, -0.15) is 4.52 Å². The average molecular weight is 455 g/mol. The van der Waals surface area contributed by atoms with E-state index < -0.39 is 13.1 Å². The van der Waals surface area contributed by atoms with E-state index in [-0.39, 0.29) is 29.1 Å². The highest BCUT2D eigenvalue weighted by atomic mass is 16.6. The first kappa shape index (κ1) is 17.2. The van der Waals surface area contributed by atoms with Crippen molar-refractivity contribution in [2.75, 3.05) is 31.1 Å². The molecule has 0 radical (unpaired) electrons. The zero-order valence-electron chi connectivity index (χ0n) is 23.2. The third-order valence-electron chi connectivity index (χ3n) is 6.26. The van der Waals surface area contributed by atoms with E-state index in [1.807, 2.05) is 27.7 Å². The molecule has 4 heterocycles. The van der Waals surface area contributed by atoms with E-state index in [0.717, 1.165) is 35.5 Å². The Morgan fingerprint density at radius 1 is 1.09 bits per heavy atom. The number of hydrogen-bond acceptors (Lipinski definition) is 7. The second-order valence-corrected chi connectivity index (χ2v) is 8.80. The quantitative estimate of drug-likeness (QED) is 0.595. The molecule has 8 heteroatoms. The van der Waals surface area contributed by atoms with Crippen LogP contribution in [0.5, 0.6) is 17.2 Å². The number of nitrogens with zero attached hydrogens (tertiary/aromatic N) is 4. The SMILES string of the molecule is [2H]C1([2H])Oc2ccc(OC3CCN(c4nn5c(=O)cc(C(C)C)nc5c(C)c4C)CC3)cc2OC1([2H])[2H]. The predicted octanol–water partition coefficient (Wildman–Crippen LogP) is 3.65. The Morgan fingerprint density at radius 3 is 2.55 bits per heavy atom. The van der Waals surface area contributed by atoms with Gasteiger partial charge >= 0.3 is 0 Å². The van der Waals surface area contributed by atoms with Gasteiger partial charge in [0.05, 0.1) is 11.2 Å². The summed E-state index contributed by atoms with van der Waals surface area (Å²) in [6, 6.07) is 6.26. The first-order valence-corrected chi connectivity index (χ1v) is 11.2. The van der Waals surface area contributed by atoms with E-state index in [2.05, 4.69) is 15.0 Å². The van der Waals surface area contributed by atoms with Gasteiger partial charge in [0.25, 0.3) is 5.56 Å². The van der Waals surface area contributed by atoms with Crippen LogP contribution in [0.4, 0.5) is 5.82 Å². The molecule has 2 aromatic heterocycles. The van der Waals surface area contributed by atoms with Crippen LogP contribution < -0.4 is 24.7 Å². The average Bonchev–Trinajstić information content (AvgIpc) is 2.82. The lowest BCUT2D eigenvalue weighted by Crippen LogP contribution is -2.39. The van der Waals surface area contributed by atoms with Crippen molar-refractivity contribution >= 4 is 11.5 Å². The first-order valence-electron chi connectivity index (χ1n) is 13.2. The molecule has 2 aliphatic heterocycles. The van der Waals surface area contributed by atoms with Gasteiger partial charge in [-0.15, -0.1) is 5.10 Å². The van der Waals surface area contributed by atoms with Gasteiger partial charge in [0.2, 0.25) is 0 Å². The Bertz CT molecular complexity index is 1420. The molecule has 174 valence electrons. The number of piperidine rings is 1. The van der Waals surface area contributed by atoms with Gasteiger partial charge < -0.3 is 19.1 Å². The number of ether oxygens (including phenoxy) is 3. The summed E-state index contributed by atoms with van der Waals surface area (Å²) in [6.07, 6.45) is 1.35. The second-order valence-electron chi connectivity index (χ2n) is 8.80. The smallest absolute Gasteiger partial charge is 0.274 e. The van der Waals surface area contributed by atoms with Gasteiger partial charge in [-0.25, -0.2) is 4.98 Å². The second kappa shape index (κ2) is 8.57. The van der Waals surface area contributed by atoms with Crippen LogP contribution in [-0.2, 0) is 0 Å². The third kappa shape index (κ3) is 4.10. The van der Waals surface area contributed by atoms with Crippen molar-refractivity contribution in [3.05, 3.63) is 51.4 Å². The predicted molar refractivity (Wildman–Crippen MR) is 126 cm³/mol.